The molecule has 0 aromatic carbocycles. The van der Waals surface area contributed by atoms with Crippen molar-refractivity contribution in [3.05, 3.63) is 0 Å². The predicted molar refractivity (Wildman–Crippen MR) is 55.7 cm³/mol. The minimum atomic E-state index is 0.413. The molecule has 13 heavy (non-hydrogen) atoms. The van der Waals surface area contributed by atoms with E-state index in [2.05, 4.69) is 44.5 Å². The van der Waals surface area contributed by atoms with Crippen molar-refractivity contribution in [1.82, 2.24) is 5.01 Å². The van der Waals surface area contributed by atoms with Crippen molar-refractivity contribution in [2.45, 2.75) is 40.2 Å². The number of hydrazone groups is 1. The number of rotatable bonds is 1. The fraction of sp³-hybridized carbons (Fsp3) is 0.909. The number of hydrogen-bond donors (Lipinski definition) is 0. The molecule has 0 spiro atoms. The zero-order valence-electron chi connectivity index (χ0n) is 9.17. The lowest BCUT2D eigenvalue weighted by molar-refractivity contribution is 0.114. The Morgan fingerprint density at radius 2 is 1.92 bits per heavy atom. The van der Waals surface area contributed by atoms with Gasteiger partial charge in [0.05, 0.1) is 6.04 Å². The van der Waals surface area contributed by atoms with Crippen LogP contribution in [0.5, 0.6) is 0 Å². The average Bonchev–Trinajstić information content (AvgIpc) is 2.50. The maximum Gasteiger partial charge on any atom is 0.0559 e. The van der Waals surface area contributed by atoms with E-state index in [9.17, 15) is 0 Å². The van der Waals surface area contributed by atoms with Crippen molar-refractivity contribution in [2.24, 2.45) is 21.8 Å². The summed E-state index contributed by atoms with van der Waals surface area (Å²) in [6.07, 6.45) is 1.34. The normalized spacial score (nSPS) is 39.5. The van der Waals surface area contributed by atoms with Crippen molar-refractivity contribution < 1.29 is 0 Å². The second-order valence-corrected chi connectivity index (χ2v) is 5.98. The van der Waals surface area contributed by atoms with Crippen LogP contribution in [0.25, 0.3) is 0 Å². The summed E-state index contributed by atoms with van der Waals surface area (Å²) in [7, 11) is 0. The topological polar surface area (TPSA) is 15.6 Å². The van der Waals surface area contributed by atoms with Crippen molar-refractivity contribution in [3.8, 4) is 0 Å². The van der Waals surface area contributed by atoms with Gasteiger partial charge in [0, 0.05) is 13.3 Å². The predicted octanol–water partition coefficient (Wildman–Crippen LogP) is 2.36. The monoisotopic (exact) mass is 180 g/mol. The zero-order chi connectivity index (χ0) is 9.85. The second kappa shape index (κ2) is 2.28. The molecule has 2 unspecified atom stereocenters. The Bertz CT molecular complexity index is 240. The van der Waals surface area contributed by atoms with Crippen molar-refractivity contribution in [3.63, 3.8) is 0 Å². The van der Waals surface area contributed by atoms with E-state index < -0.39 is 0 Å². The summed E-state index contributed by atoms with van der Waals surface area (Å²) in [4.78, 5) is 0. The minimum Gasteiger partial charge on any atom is -0.293 e. The van der Waals surface area contributed by atoms with Crippen LogP contribution >= 0.6 is 0 Å². The smallest absolute Gasteiger partial charge is 0.0559 e. The molecule has 2 nitrogen and oxygen atoms in total. The van der Waals surface area contributed by atoms with Gasteiger partial charge in [0.2, 0.25) is 0 Å². The van der Waals surface area contributed by atoms with Gasteiger partial charge in [0.15, 0.2) is 0 Å². The van der Waals surface area contributed by atoms with E-state index in [1.165, 1.54) is 6.42 Å². The molecule has 1 aliphatic carbocycles. The third-order valence-corrected chi connectivity index (χ3v) is 3.86. The van der Waals surface area contributed by atoms with Crippen LogP contribution in [0, 0.1) is 16.7 Å². The van der Waals surface area contributed by atoms with Gasteiger partial charge in [-0.3, -0.25) is 5.01 Å². The lowest BCUT2D eigenvalue weighted by Gasteiger charge is -2.35. The molecule has 0 radical (unpaired) electrons. The Balaban J connectivity index is 2.20. The summed E-state index contributed by atoms with van der Waals surface area (Å²) >= 11 is 0. The van der Waals surface area contributed by atoms with E-state index in [1.807, 2.05) is 0 Å². The Kier molecular flexibility index (Phi) is 1.59. The number of fused-ring (bicyclic) bond motifs is 1. The Hall–Kier alpha value is -0.530. The van der Waals surface area contributed by atoms with Gasteiger partial charge in [-0.05, 0) is 23.2 Å². The van der Waals surface area contributed by atoms with Crippen LogP contribution in [0.3, 0.4) is 0 Å². The summed E-state index contributed by atoms with van der Waals surface area (Å²) in [5.41, 5.74) is 0.880. The molecule has 2 rings (SSSR count). The fourth-order valence-electron chi connectivity index (χ4n) is 3.02. The van der Waals surface area contributed by atoms with Gasteiger partial charge in [-0.25, -0.2) is 0 Å². The SMILES string of the molecule is C=NN1CC(C)(C)CC2C1C2(C)C. The molecule has 2 heteroatoms. The standard InChI is InChI=1S/C11H20N2/c1-10(2)6-8-9(11(8,3)4)13(7-10)12-5/h8-9H,5-7H2,1-4H3. The fourth-order valence-corrected chi connectivity index (χ4v) is 3.02. The van der Waals surface area contributed by atoms with Crippen molar-refractivity contribution in [1.29, 1.82) is 0 Å². The number of hydrogen-bond acceptors (Lipinski definition) is 2. The van der Waals surface area contributed by atoms with Crippen molar-refractivity contribution >= 4 is 6.72 Å². The highest BCUT2D eigenvalue weighted by molar-refractivity contribution is 5.25. The summed E-state index contributed by atoms with van der Waals surface area (Å²) in [6.45, 7) is 14.1. The summed E-state index contributed by atoms with van der Waals surface area (Å²) in [5, 5.41) is 6.35. The van der Waals surface area contributed by atoms with E-state index in [0.29, 0.717) is 16.9 Å². The number of piperidine rings is 1. The Labute approximate surface area is 81.0 Å². The molecule has 0 amide bonds. The molecule has 1 saturated heterocycles. The Morgan fingerprint density at radius 3 is 2.46 bits per heavy atom. The lowest BCUT2D eigenvalue weighted by atomic mass is 9.83. The molecule has 1 aliphatic heterocycles. The third-order valence-electron chi connectivity index (χ3n) is 3.86. The first-order valence-electron chi connectivity index (χ1n) is 5.12. The van der Waals surface area contributed by atoms with Gasteiger partial charge in [0.1, 0.15) is 0 Å². The van der Waals surface area contributed by atoms with E-state index in [-0.39, 0.29) is 0 Å². The van der Waals surface area contributed by atoms with Gasteiger partial charge in [-0.2, -0.15) is 5.10 Å². The first-order valence-corrected chi connectivity index (χ1v) is 5.12. The van der Waals surface area contributed by atoms with E-state index in [0.717, 1.165) is 12.5 Å². The van der Waals surface area contributed by atoms with Crippen molar-refractivity contribution in [2.75, 3.05) is 6.54 Å². The number of nitrogens with zero attached hydrogens (tertiary/aromatic N) is 2. The molecule has 2 fully saturated rings. The summed E-state index contributed by atoms with van der Waals surface area (Å²) < 4.78 is 0. The van der Waals surface area contributed by atoms with Crippen LogP contribution in [0.15, 0.2) is 5.10 Å². The van der Waals surface area contributed by atoms with E-state index in [1.54, 1.807) is 0 Å². The highest BCUT2D eigenvalue weighted by atomic mass is 15.5. The quantitative estimate of drug-likeness (QED) is 0.566. The molecule has 1 saturated carbocycles. The highest BCUT2D eigenvalue weighted by Gasteiger charge is 2.64. The van der Waals surface area contributed by atoms with Crippen LogP contribution < -0.4 is 0 Å². The Morgan fingerprint density at radius 1 is 1.31 bits per heavy atom. The molecule has 0 aromatic heterocycles. The first-order chi connectivity index (χ1) is 5.88. The van der Waals surface area contributed by atoms with Gasteiger partial charge >= 0.3 is 0 Å². The molecule has 74 valence electrons. The maximum absolute atomic E-state index is 4.14. The molecule has 2 aliphatic rings. The van der Waals surface area contributed by atoms with E-state index >= 15 is 0 Å². The van der Waals surface area contributed by atoms with Gasteiger partial charge in [-0.1, -0.05) is 27.7 Å². The first kappa shape index (κ1) is 9.04. The maximum atomic E-state index is 4.14. The van der Waals surface area contributed by atoms with E-state index in [4.69, 9.17) is 0 Å². The molecular formula is C11H20N2. The molecule has 2 atom stereocenters. The van der Waals surface area contributed by atoms with Crippen LogP contribution in [0.1, 0.15) is 34.1 Å². The highest BCUT2D eigenvalue weighted by Crippen LogP contribution is 2.62. The third kappa shape index (κ3) is 1.18. The second-order valence-electron chi connectivity index (χ2n) is 5.98. The molecule has 0 bridgehead atoms. The van der Waals surface area contributed by atoms with Crippen LogP contribution in [0.4, 0.5) is 0 Å². The van der Waals surface area contributed by atoms with Crippen LogP contribution in [-0.4, -0.2) is 24.3 Å². The molecule has 1 heterocycles. The van der Waals surface area contributed by atoms with Gasteiger partial charge in [0.25, 0.3) is 0 Å². The summed E-state index contributed by atoms with van der Waals surface area (Å²) in [6, 6.07) is 0.665. The van der Waals surface area contributed by atoms with Crippen LogP contribution in [0.2, 0.25) is 0 Å². The molecule has 0 N–H and O–H groups in total. The summed E-state index contributed by atoms with van der Waals surface area (Å²) in [5.74, 6) is 0.835. The molecular weight excluding hydrogens is 160 g/mol. The van der Waals surface area contributed by atoms with Crippen LogP contribution in [-0.2, 0) is 0 Å². The zero-order valence-corrected chi connectivity index (χ0v) is 9.17. The van der Waals surface area contributed by atoms with Gasteiger partial charge in [-0.15, -0.1) is 0 Å². The van der Waals surface area contributed by atoms with Gasteiger partial charge < -0.3 is 0 Å². The molecule has 0 aromatic rings. The average molecular weight is 180 g/mol. The minimum absolute atomic E-state index is 0.413. The largest absolute Gasteiger partial charge is 0.293 e. The lowest BCUT2D eigenvalue weighted by Crippen LogP contribution is -2.38.